The fourth-order valence-corrected chi connectivity index (χ4v) is 2.58. The van der Waals surface area contributed by atoms with E-state index in [1.54, 1.807) is 13.0 Å². The van der Waals surface area contributed by atoms with E-state index >= 15 is 0 Å². The van der Waals surface area contributed by atoms with E-state index in [9.17, 15) is 9.59 Å². The summed E-state index contributed by atoms with van der Waals surface area (Å²) in [4.78, 5) is 25.2. The van der Waals surface area contributed by atoms with Crippen LogP contribution in [-0.4, -0.2) is 36.7 Å². The number of hydrogen-bond acceptors (Lipinski definition) is 4. The average Bonchev–Trinajstić information content (AvgIpc) is 2.79. The van der Waals surface area contributed by atoms with Crippen molar-refractivity contribution in [1.82, 2.24) is 4.90 Å². The SMILES string of the molecule is C=CC[C@]1(c2ccccc2)COC(=O)N1CC(=O)OCC. The summed E-state index contributed by atoms with van der Waals surface area (Å²) in [5, 5.41) is 0. The summed E-state index contributed by atoms with van der Waals surface area (Å²) in [6.07, 6.45) is 1.73. The number of carbonyl (C=O) groups is 2. The Bertz CT molecular complexity index is 528. The molecular weight excluding hydrogens is 270 g/mol. The molecule has 2 rings (SSSR count). The third-order valence-electron chi connectivity index (χ3n) is 3.56. The van der Waals surface area contributed by atoms with E-state index < -0.39 is 17.6 Å². The number of esters is 1. The second-order valence-corrected chi connectivity index (χ2v) is 4.84. The molecule has 1 fully saturated rings. The Morgan fingerprint density at radius 1 is 1.48 bits per heavy atom. The molecule has 5 nitrogen and oxygen atoms in total. The van der Waals surface area contributed by atoms with Crippen LogP contribution in [0.4, 0.5) is 4.79 Å². The molecule has 0 bridgehead atoms. The molecule has 0 unspecified atom stereocenters. The van der Waals surface area contributed by atoms with Crippen molar-refractivity contribution < 1.29 is 19.1 Å². The van der Waals surface area contributed by atoms with Gasteiger partial charge in [0.05, 0.1) is 6.61 Å². The first-order valence-corrected chi connectivity index (χ1v) is 6.90. The summed E-state index contributed by atoms with van der Waals surface area (Å²) in [5.41, 5.74) is 0.215. The van der Waals surface area contributed by atoms with Crippen LogP contribution in [0.15, 0.2) is 43.0 Å². The van der Waals surface area contributed by atoms with E-state index in [4.69, 9.17) is 9.47 Å². The highest BCUT2D eigenvalue weighted by Gasteiger charge is 2.48. The number of benzene rings is 1. The molecule has 0 radical (unpaired) electrons. The molecule has 112 valence electrons. The minimum Gasteiger partial charge on any atom is -0.465 e. The average molecular weight is 289 g/mol. The molecule has 0 aromatic heterocycles. The largest absolute Gasteiger partial charge is 0.465 e. The summed E-state index contributed by atoms with van der Waals surface area (Å²) in [5.74, 6) is -0.444. The van der Waals surface area contributed by atoms with Gasteiger partial charge in [-0.1, -0.05) is 36.4 Å². The minimum atomic E-state index is -0.702. The zero-order chi connectivity index (χ0) is 15.3. The summed E-state index contributed by atoms with van der Waals surface area (Å²) in [7, 11) is 0. The second-order valence-electron chi connectivity index (χ2n) is 4.84. The molecule has 1 saturated heterocycles. The third kappa shape index (κ3) is 2.91. The molecule has 1 aromatic carbocycles. The zero-order valence-electron chi connectivity index (χ0n) is 12.1. The smallest absolute Gasteiger partial charge is 0.411 e. The van der Waals surface area contributed by atoms with Gasteiger partial charge in [-0.05, 0) is 18.9 Å². The van der Waals surface area contributed by atoms with Gasteiger partial charge in [0.25, 0.3) is 0 Å². The highest BCUT2D eigenvalue weighted by molar-refractivity contribution is 5.80. The number of ether oxygens (including phenoxy) is 2. The second kappa shape index (κ2) is 6.43. The Balaban J connectivity index is 2.35. The van der Waals surface area contributed by atoms with E-state index in [-0.39, 0.29) is 19.8 Å². The topological polar surface area (TPSA) is 55.8 Å². The maximum Gasteiger partial charge on any atom is 0.411 e. The summed E-state index contributed by atoms with van der Waals surface area (Å²) < 4.78 is 10.1. The highest BCUT2D eigenvalue weighted by Crippen LogP contribution is 2.38. The van der Waals surface area contributed by atoms with Crippen LogP contribution in [0.25, 0.3) is 0 Å². The van der Waals surface area contributed by atoms with E-state index in [2.05, 4.69) is 6.58 Å². The normalized spacial score (nSPS) is 21.0. The molecule has 0 saturated carbocycles. The molecular formula is C16H19NO4. The van der Waals surface area contributed by atoms with Gasteiger partial charge < -0.3 is 9.47 Å². The Kier molecular flexibility index (Phi) is 4.62. The van der Waals surface area contributed by atoms with Gasteiger partial charge in [-0.3, -0.25) is 9.69 Å². The van der Waals surface area contributed by atoms with Crippen molar-refractivity contribution >= 4 is 12.1 Å². The van der Waals surface area contributed by atoms with Gasteiger partial charge in [0, 0.05) is 0 Å². The number of cyclic esters (lactones) is 1. The van der Waals surface area contributed by atoms with Crippen LogP contribution in [0.3, 0.4) is 0 Å². The molecule has 21 heavy (non-hydrogen) atoms. The predicted octanol–water partition coefficient (Wildman–Crippen LogP) is 2.47. The number of nitrogens with zero attached hydrogens (tertiary/aromatic N) is 1. The Hall–Kier alpha value is -2.30. The molecule has 5 heteroatoms. The predicted molar refractivity (Wildman–Crippen MR) is 77.6 cm³/mol. The Morgan fingerprint density at radius 2 is 2.19 bits per heavy atom. The van der Waals surface area contributed by atoms with Crippen molar-refractivity contribution in [1.29, 1.82) is 0 Å². The number of rotatable bonds is 6. The molecule has 0 spiro atoms. The van der Waals surface area contributed by atoms with E-state index in [1.807, 2.05) is 30.3 Å². The molecule has 1 aliphatic heterocycles. The molecule has 1 atom stereocenters. The lowest BCUT2D eigenvalue weighted by atomic mass is 9.86. The van der Waals surface area contributed by atoms with Gasteiger partial charge in [0.15, 0.2) is 0 Å². The first-order valence-electron chi connectivity index (χ1n) is 6.90. The quantitative estimate of drug-likeness (QED) is 0.596. The number of hydrogen-bond donors (Lipinski definition) is 0. The number of amides is 1. The van der Waals surface area contributed by atoms with Crippen molar-refractivity contribution in [3.05, 3.63) is 48.6 Å². The first-order chi connectivity index (χ1) is 10.1. The van der Waals surface area contributed by atoms with Crippen LogP contribution in [-0.2, 0) is 19.8 Å². The van der Waals surface area contributed by atoms with Crippen molar-refractivity contribution in [3.63, 3.8) is 0 Å². The Labute approximate surface area is 124 Å². The summed E-state index contributed by atoms with van der Waals surface area (Å²) in [6, 6.07) is 9.53. The highest BCUT2D eigenvalue weighted by atomic mass is 16.6. The van der Waals surface area contributed by atoms with Crippen LogP contribution in [0.2, 0.25) is 0 Å². The molecule has 1 aliphatic rings. The van der Waals surface area contributed by atoms with Crippen LogP contribution in [0.1, 0.15) is 18.9 Å². The van der Waals surface area contributed by atoms with E-state index in [0.717, 1.165) is 5.56 Å². The molecule has 1 aromatic rings. The van der Waals surface area contributed by atoms with Gasteiger partial charge in [0.1, 0.15) is 18.7 Å². The molecule has 0 N–H and O–H groups in total. The standard InChI is InChI=1S/C16H19NO4/c1-3-10-16(13-8-6-5-7-9-13)12-21-15(19)17(16)11-14(18)20-4-2/h3,5-9H,1,4,10-12H2,2H3/t16-/m1/s1. The van der Waals surface area contributed by atoms with Gasteiger partial charge >= 0.3 is 12.1 Å². The van der Waals surface area contributed by atoms with Crippen molar-refractivity contribution in [2.24, 2.45) is 0 Å². The van der Waals surface area contributed by atoms with Crippen LogP contribution >= 0.6 is 0 Å². The monoisotopic (exact) mass is 289 g/mol. The van der Waals surface area contributed by atoms with Crippen LogP contribution in [0.5, 0.6) is 0 Å². The minimum absolute atomic E-state index is 0.130. The third-order valence-corrected chi connectivity index (χ3v) is 3.56. The van der Waals surface area contributed by atoms with Crippen molar-refractivity contribution in [3.8, 4) is 0 Å². The molecule has 1 heterocycles. The van der Waals surface area contributed by atoms with Gasteiger partial charge in [-0.15, -0.1) is 6.58 Å². The first kappa shape index (κ1) is 15.1. The van der Waals surface area contributed by atoms with Gasteiger partial charge in [-0.25, -0.2) is 4.79 Å². The fraction of sp³-hybridized carbons (Fsp3) is 0.375. The van der Waals surface area contributed by atoms with Crippen molar-refractivity contribution in [2.75, 3.05) is 19.8 Å². The van der Waals surface area contributed by atoms with E-state index in [0.29, 0.717) is 6.42 Å². The molecule has 0 aliphatic carbocycles. The van der Waals surface area contributed by atoms with Crippen LogP contribution < -0.4 is 0 Å². The van der Waals surface area contributed by atoms with Gasteiger partial charge in [0.2, 0.25) is 0 Å². The summed E-state index contributed by atoms with van der Waals surface area (Å²) in [6.45, 7) is 5.84. The van der Waals surface area contributed by atoms with Crippen LogP contribution in [0, 0.1) is 0 Å². The number of carbonyl (C=O) groups excluding carboxylic acids is 2. The lowest BCUT2D eigenvalue weighted by molar-refractivity contribution is -0.144. The van der Waals surface area contributed by atoms with Crippen molar-refractivity contribution in [2.45, 2.75) is 18.9 Å². The Morgan fingerprint density at radius 3 is 2.81 bits per heavy atom. The summed E-state index contributed by atoms with van der Waals surface area (Å²) >= 11 is 0. The lowest BCUT2D eigenvalue weighted by Gasteiger charge is -2.34. The maximum atomic E-state index is 12.0. The van der Waals surface area contributed by atoms with Gasteiger partial charge in [-0.2, -0.15) is 0 Å². The maximum absolute atomic E-state index is 12.0. The fourth-order valence-electron chi connectivity index (χ4n) is 2.58. The molecule has 1 amide bonds. The lowest BCUT2D eigenvalue weighted by Crippen LogP contribution is -2.47. The zero-order valence-corrected chi connectivity index (χ0v) is 12.1. The van der Waals surface area contributed by atoms with E-state index in [1.165, 1.54) is 4.90 Å².